The largest absolute Gasteiger partial charge is 0.389 e. The van der Waals surface area contributed by atoms with Crippen molar-refractivity contribution < 1.29 is 41.9 Å². The Balaban J connectivity index is 1.81. The van der Waals surface area contributed by atoms with E-state index in [4.69, 9.17) is 0 Å². The first kappa shape index (κ1) is 39.1. The van der Waals surface area contributed by atoms with E-state index in [1.807, 2.05) is 0 Å². The number of ketones is 1. The summed E-state index contributed by atoms with van der Waals surface area (Å²) in [6.07, 6.45) is 2.96. The Morgan fingerprint density at radius 1 is 0.980 bits per heavy atom. The summed E-state index contributed by atoms with van der Waals surface area (Å²) in [5, 5.41) is 10.1. The predicted octanol–water partition coefficient (Wildman–Crippen LogP) is 2.38. The molecule has 1 saturated carbocycles. The van der Waals surface area contributed by atoms with Crippen LogP contribution in [0.15, 0.2) is 31.2 Å². The highest BCUT2D eigenvalue weighted by atomic mass is 19.4. The van der Waals surface area contributed by atoms with Crippen LogP contribution in [0.25, 0.3) is 0 Å². The summed E-state index contributed by atoms with van der Waals surface area (Å²) in [4.78, 5) is 88.8. The van der Waals surface area contributed by atoms with Gasteiger partial charge in [-0.1, -0.05) is 46.1 Å². The van der Waals surface area contributed by atoms with Gasteiger partial charge in [0.2, 0.25) is 23.5 Å². The minimum absolute atomic E-state index is 0.0238. The number of nitrogens with one attached hydrogen (secondary N) is 4. The lowest BCUT2D eigenvalue weighted by Gasteiger charge is -2.37. The van der Waals surface area contributed by atoms with Crippen LogP contribution < -0.4 is 21.3 Å². The fourth-order valence-corrected chi connectivity index (χ4v) is 6.10. The lowest BCUT2D eigenvalue weighted by molar-refractivity contribution is -0.147. The number of amides is 5. The van der Waals surface area contributed by atoms with Gasteiger partial charge >= 0.3 is 6.18 Å². The summed E-state index contributed by atoms with van der Waals surface area (Å²) in [6.45, 7) is 8.58. The third-order valence-corrected chi connectivity index (χ3v) is 8.70. The predicted molar refractivity (Wildman–Crippen MR) is 171 cm³/mol. The van der Waals surface area contributed by atoms with Gasteiger partial charge in [0.15, 0.2) is 0 Å². The van der Waals surface area contributed by atoms with Crippen molar-refractivity contribution in [1.29, 1.82) is 0 Å². The number of halogens is 3. The van der Waals surface area contributed by atoms with Gasteiger partial charge in [0.1, 0.15) is 23.8 Å². The first-order chi connectivity index (χ1) is 23.0. The van der Waals surface area contributed by atoms with Crippen molar-refractivity contribution in [2.45, 2.75) is 109 Å². The number of hydrogen-bond acceptors (Lipinski definition) is 8. The Hall–Kier alpha value is -4.37. The summed E-state index contributed by atoms with van der Waals surface area (Å²) < 4.78 is 39.2. The van der Waals surface area contributed by atoms with E-state index in [9.17, 15) is 41.9 Å². The van der Waals surface area contributed by atoms with E-state index < -0.39 is 83.9 Å². The summed E-state index contributed by atoms with van der Waals surface area (Å²) >= 11 is 0. The van der Waals surface area contributed by atoms with Crippen molar-refractivity contribution in [3.05, 3.63) is 36.9 Å². The Morgan fingerprint density at radius 3 is 2.27 bits per heavy atom. The monoisotopic (exact) mass is 693 g/mol. The van der Waals surface area contributed by atoms with Gasteiger partial charge in [-0.3, -0.25) is 33.8 Å². The molecule has 4 N–H and O–H groups in total. The van der Waals surface area contributed by atoms with E-state index in [1.165, 1.54) is 29.6 Å². The van der Waals surface area contributed by atoms with Crippen LogP contribution in [-0.2, 0) is 24.0 Å². The summed E-state index contributed by atoms with van der Waals surface area (Å²) in [5.41, 5.74) is -0.854. The van der Waals surface area contributed by atoms with E-state index >= 15 is 0 Å². The maximum absolute atomic E-state index is 14.1. The molecule has 16 heteroatoms. The number of rotatable bonds is 14. The fourth-order valence-electron chi connectivity index (χ4n) is 6.10. The number of nitrogens with zero attached hydrogens (tertiary/aromatic N) is 3. The molecule has 1 aromatic rings. The summed E-state index contributed by atoms with van der Waals surface area (Å²) in [6, 6.07) is -5.11. The zero-order valence-corrected chi connectivity index (χ0v) is 28.1. The topological polar surface area (TPSA) is 180 Å². The molecule has 0 aromatic carbocycles. The van der Waals surface area contributed by atoms with Crippen molar-refractivity contribution in [3.8, 4) is 0 Å². The second-order valence-electron chi connectivity index (χ2n) is 13.5. The molecule has 1 saturated heterocycles. The summed E-state index contributed by atoms with van der Waals surface area (Å²) in [7, 11) is 0. The van der Waals surface area contributed by atoms with Crippen LogP contribution in [0, 0.1) is 11.3 Å². The smallest absolute Gasteiger partial charge is 0.346 e. The molecule has 5 amide bonds. The van der Waals surface area contributed by atoms with Crippen molar-refractivity contribution in [2.24, 2.45) is 11.3 Å². The van der Waals surface area contributed by atoms with Crippen LogP contribution in [0.5, 0.6) is 0 Å². The van der Waals surface area contributed by atoms with E-state index in [0.717, 1.165) is 19.3 Å². The molecule has 13 nitrogen and oxygen atoms in total. The van der Waals surface area contributed by atoms with Crippen molar-refractivity contribution in [2.75, 3.05) is 13.1 Å². The molecule has 2 heterocycles. The number of hydrogen-bond donors (Lipinski definition) is 4. The molecule has 3 rings (SSSR count). The molecule has 1 aromatic heterocycles. The van der Waals surface area contributed by atoms with Gasteiger partial charge < -0.3 is 26.2 Å². The first-order valence-corrected chi connectivity index (χ1v) is 16.5. The molecule has 2 aliphatic rings. The van der Waals surface area contributed by atoms with Gasteiger partial charge in [0, 0.05) is 31.9 Å². The van der Waals surface area contributed by atoms with Gasteiger partial charge in [0.05, 0.1) is 12.2 Å². The van der Waals surface area contributed by atoms with Crippen LogP contribution in [0.2, 0.25) is 0 Å². The Kier molecular flexibility index (Phi) is 13.8. The van der Waals surface area contributed by atoms with Crippen LogP contribution in [-0.4, -0.2) is 93.6 Å². The van der Waals surface area contributed by atoms with E-state index in [1.54, 1.807) is 20.8 Å². The minimum atomic E-state index is -4.65. The zero-order valence-electron chi connectivity index (χ0n) is 28.1. The Morgan fingerprint density at radius 2 is 1.67 bits per heavy atom. The lowest BCUT2D eigenvalue weighted by Crippen LogP contribution is -2.62. The maximum atomic E-state index is 14.1. The van der Waals surface area contributed by atoms with E-state index in [0.29, 0.717) is 19.3 Å². The molecular formula is C33H46F3N7O6. The lowest BCUT2D eigenvalue weighted by atomic mass is 9.82. The Bertz CT molecular complexity index is 1360. The molecule has 1 unspecified atom stereocenters. The van der Waals surface area contributed by atoms with Crippen molar-refractivity contribution in [3.63, 3.8) is 0 Å². The van der Waals surface area contributed by atoms with Crippen molar-refractivity contribution in [1.82, 2.24) is 36.1 Å². The van der Waals surface area contributed by atoms with E-state index in [-0.39, 0.29) is 31.1 Å². The second-order valence-corrected chi connectivity index (χ2v) is 13.5. The third kappa shape index (κ3) is 11.3. The number of alkyl halides is 3. The third-order valence-electron chi connectivity index (χ3n) is 8.70. The molecule has 0 spiro atoms. The highest BCUT2D eigenvalue weighted by molar-refractivity contribution is 6.38. The molecule has 1 aliphatic carbocycles. The number of aromatic nitrogens is 2. The van der Waals surface area contributed by atoms with Crippen molar-refractivity contribution >= 4 is 35.3 Å². The molecule has 4 atom stereocenters. The SMILES string of the molecule is C=CCNC(=O)C(=O)C(CCC(F)(F)F)NC(=O)[C@@H]1CCCN1C(=O)[C@@H](NC(=O)[C@@H](NC(=O)c1cnccn1)C1CCCCC1)C(C)(C)C. The maximum Gasteiger partial charge on any atom is 0.389 e. The first-order valence-electron chi connectivity index (χ1n) is 16.5. The molecule has 2 fully saturated rings. The average molecular weight is 694 g/mol. The molecular weight excluding hydrogens is 647 g/mol. The number of carbonyl (C=O) groups excluding carboxylic acids is 6. The van der Waals surface area contributed by atoms with E-state index in [2.05, 4.69) is 37.8 Å². The number of Topliss-reactive ketones (excluding diaryl/α,β-unsaturated/α-hetero) is 1. The normalized spacial score (nSPS) is 18.8. The van der Waals surface area contributed by atoms with Crippen LogP contribution in [0.4, 0.5) is 13.2 Å². The second kappa shape index (κ2) is 17.3. The van der Waals surface area contributed by atoms with Gasteiger partial charge in [-0.05, 0) is 43.4 Å². The van der Waals surface area contributed by atoms with Crippen LogP contribution >= 0.6 is 0 Å². The fraction of sp³-hybridized carbons (Fsp3) is 0.636. The molecule has 0 bridgehead atoms. The number of likely N-dealkylation sites (tertiary alicyclic amines) is 1. The average Bonchev–Trinajstić information content (AvgIpc) is 3.56. The molecule has 270 valence electrons. The highest BCUT2D eigenvalue weighted by Gasteiger charge is 2.44. The quantitative estimate of drug-likeness (QED) is 0.169. The van der Waals surface area contributed by atoms with Crippen LogP contribution in [0.3, 0.4) is 0 Å². The van der Waals surface area contributed by atoms with Gasteiger partial charge in [-0.15, -0.1) is 6.58 Å². The summed E-state index contributed by atoms with van der Waals surface area (Å²) in [5.74, 6) is -5.32. The van der Waals surface area contributed by atoms with Crippen LogP contribution in [0.1, 0.15) is 89.0 Å². The standard InChI is InChI=1S/C33H46F3N7O6/c1-5-15-39-30(48)25(44)21(13-14-33(34,35)36)40-28(46)23-12-9-18-43(23)31(49)26(32(2,3)4)42-29(47)24(20-10-7-6-8-11-20)41-27(45)22-19-37-16-17-38-22/h5,16-17,19-21,23-24,26H,1,6-15,18H2,2-4H3,(H,39,48)(H,40,46)(H,41,45)(H,42,47)/t21?,23-,24-,26+/m0/s1. The Labute approximate surface area is 283 Å². The number of carbonyl (C=O) groups is 6. The molecule has 1 aliphatic heterocycles. The highest BCUT2D eigenvalue weighted by Crippen LogP contribution is 2.30. The zero-order chi connectivity index (χ0) is 36.4. The molecule has 0 radical (unpaired) electrons. The molecule has 49 heavy (non-hydrogen) atoms. The van der Waals surface area contributed by atoms with Gasteiger partial charge in [0.25, 0.3) is 11.8 Å². The van der Waals surface area contributed by atoms with Gasteiger partial charge in [-0.2, -0.15) is 13.2 Å². The van der Waals surface area contributed by atoms with Gasteiger partial charge in [-0.25, -0.2) is 4.98 Å². The minimum Gasteiger partial charge on any atom is -0.346 e.